The maximum absolute atomic E-state index is 13.4. The van der Waals surface area contributed by atoms with Gasteiger partial charge in [0, 0.05) is 36.2 Å². The molecule has 1 aliphatic rings. The second-order valence-electron chi connectivity index (χ2n) is 6.76. The zero-order chi connectivity index (χ0) is 19.9. The van der Waals surface area contributed by atoms with Gasteiger partial charge in [0.15, 0.2) is 5.96 Å². The number of anilines is 1. The van der Waals surface area contributed by atoms with E-state index in [1.54, 1.807) is 18.2 Å². The molecule has 2 heterocycles. The van der Waals surface area contributed by atoms with Gasteiger partial charge in [-0.15, -0.1) is 35.3 Å². The van der Waals surface area contributed by atoms with Gasteiger partial charge in [-0.3, -0.25) is 4.99 Å². The first-order valence-corrected chi connectivity index (χ1v) is 10.7. The van der Waals surface area contributed by atoms with Crippen molar-refractivity contribution in [2.45, 2.75) is 31.9 Å². The summed E-state index contributed by atoms with van der Waals surface area (Å²) < 4.78 is 14.1. The van der Waals surface area contributed by atoms with Crippen molar-refractivity contribution in [3.8, 4) is 0 Å². The third kappa shape index (κ3) is 7.27. The number of halogens is 3. The molecule has 0 aliphatic carbocycles. The zero-order valence-corrected chi connectivity index (χ0v) is 20.2. The van der Waals surface area contributed by atoms with Crippen LogP contribution in [0.2, 0.25) is 4.34 Å². The van der Waals surface area contributed by atoms with Crippen LogP contribution in [0.5, 0.6) is 0 Å². The Bertz CT molecular complexity index is 798. The van der Waals surface area contributed by atoms with E-state index in [1.165, 1.54) is 17.4 Å². The van der Waals surface area contributed by atoms with Crippen LogP contribution in [0, 0.1) is 5.82 Å². The molecule has 1 unspecified atom stereocenters. The summed E-state index contributed by atoms with van der Waals surface area (Å²) in [6, 6.07) is 10.6. The third-order valence-corrected chi connectivity index (χ3v) is 6.03. The lowest BCUT2D eigenvalue weighted by atomic mass is 10.0. The van der Waals surface area contributed by atoms with E-state index in [0.29, 0.717) is 10.3 Å². The molecular weight excluding hydrogens is 526 g/mol. The van der Waals surface area contributed by atoms with Crippen molar-refractivity contribution in [2.75, 3.05) is 31.1 Å². The quantitative estimate of drug-likeness (QED) is 0.282. The predicted molar refractivity (Wildman–Crippen MR) is 130 cm³/mol. The molecule has 2 aromatic rings. The van der Waals surface area contributed by atoms with E-state index in [1.807, 2.05) is 19.1 Å². The molecule has 0 spiro atoms. The number of guanidine groups is 1. The third-order valence-electron chi connectivity index (χ3n) is 4.70. The predicted octanol–water partition coefficient (Wildman–Crippen LogP) is 4.42. The number of nitrogens with zero attached hydrogens (tertiary/aromatic N) is 2. The molecule has 0 bridgehead atoms. The van der Waals surface area contributed by atoms with Crippen molar-refractivity contribution in [3.63, 3.8) is 0 Å². The highest BCUT2D eigenvalue weighted by atomic mass is 127. The number of hydrogen-bond acceptors (Lipinski definition) is 4. The summed E-state index contributed by atoms with van der Waals surface area (Å²) in [6.45, 7) is 4.75. The number of thiophene rings is 1. The smallest absolute Gasteiger partial charge is 0.191 e. The van der Waals surface area contributed by atoms with E-state index in [2.05, 4.69) is 20.5 Å². The lowest BCUT2D eigenvalue weighted by Gasteiger charge is -2.34. The Morgan fingerprint density at radius 2 is 2.10 bits per heavy atom. The number of aliphatic hydroxyl groups is 1. The molecule has 0 amide bonds. The van der Waals surface area contributed by atoms with Crippen molar-refractivity contribution in [1.29, 1.82) is 0 Å². The average Bonchev–Trinajstić information content (AvgIpc) is 3.13. The average molecular weight is 553 g/mol. The molecule has 3 rings (SSSR count). The van der Waals surface area contributed by atoms with Gasteiger partial charge in [-0.2, -0.15) is 0 Å². The van der Waals surface area contributed by atoms with Gasteiger partial charge >= 0.3 is 0 Å². The van der Waals surface area contributed by atoms with Crippen LogP contribution >= 0.6 is 46.9 Å². The van der Waals surface area contributed by atoms with Crippen LogP contribution in [-0.4, -0.2) is 43.3 Å². The summed E-state index contributed by atoms with van der Waals surface area (Å²) in [5.74, 6) is 0.498. The fraction of sp³-hybridized carbons (Fsp3) is 0.450. The number of aliphatic imine (C=N–C) groups is 1. The second kappa shape index (κ2) is 11.9. The first kappa shape index (κ1) is 24.2. The molecule has 160 valence electrons. The van der Waals surface area contributed by atoms with Crippen LogP contribution < -0.4 is 15.5 Å². The minimum absolute atomic E-state index is 0. The van der Waals surface area contributed by atoms with E-state index < -0.39 is 6.10 Å². The number of rotatable bonds is 6. The highest BCUT2D eigenvalue weighted by Crippen LogP contribution is 2.27. The minimum atomic E-state index is -0.664. The molecule has 5 nitrogen and oxygen atoms in total. The molecule has 1 aliphatic heterocycles. The van der Waals surface area contributed by atoms with Gasteiger partial charge in [0.05, 0.1) is 10.9 Å². The van der Waals surface area contributed by atoms with E-state index >= 15 is 0 Å². The van der Waals surface area contributed by atoms with E-state index in [9.17, 15) is 9.50 Å². The van der Waals surface area contributed by atoms with Gasteiger partial charge in [0.1, 0.15) is 11.9 Å². The zero-order valence-electron chi connectivity index (χ0n) is 16.3. The topological polar surface area (TPSA) is 59.9 Å². The summed E-state index contributed by atoms with van der Waals surface area (Å²) in [6.07, 6.45) is 1.20. The van der Waals surface area contributed by atoms with Crippen molar-refractivity contribution < 1.29 is 9.50 Å². The number of piperidine rings is 1. The number of hydrogen-bond donors (Lipinski definition) is 3. The van der Waals surface area contributed by atoms with Crippen LogP contribution in [0.1, 0.15) is 30.7 Å². The minimum Gasteiger partial charge on any atom is -0.386 e. The molecular formula is C20H27ClFIN4OS. The number of benzene rings is 1. The Kier molecular flexibility index (Phi) is 9.94. The Morgan fingerprint density at radius 3 is 2.72 bits per heavy atom. The molecule has 9 heteroatoms. The van der Waals surface area contributed by atoms with Crippen molar-refractivity contribution >= 4 is 58.6 Å². The SMILES string of the molecule is CCNC(=NCC(O)c1ccc(Cl)s1)NC1CCN(c2cccc(F)c2)CC1.I. The Hall–Kier alpha value is -1.10. The molecule has 1 fully saturated rings. The lowest BCUT2D eigenvalue weighted by molar-refractivity contribution is 0.191. The van der Waals surface area contributed by atoms with E-state index in [0.717, 1.165) is 43.0 Å². The van der Waals surface area contributed by atoms with Crippen molar-refractivity contribution in [3.05, 3.63) is 51.4 Å². The lowest BCUT2D eigenvalue weighted by Crippen LogP contribution is -2.48. The maximum atomic E-state index is 13.4. The normalized spacial score (nSPS) is 16.3. The number of aliphatic hydroxyl groups excluding tert-OH is 1. The summed E-state index contributed by atoms with van der Waals surface area (Å²) in [7, 11) is 0. The second-order valence-corrected chi connectivity index (χ2v) is 8.51. The summed E-state index contributed by atoms with van der Waals surface area (Å²) in [5.41, 5.74) is 0.928. The Labute approximate surface area is 197 Å². The fourth-order valence-electron chi connectivity index (χ4n) is 3.24. The fourth-order valence-corrected chi connectivity index (χ4v) is 4.28. The maximum Gasteiger partial charge on any atom is 0.191 e. The molecule has 1 aromatic carbocycles. The molecule has 1 aromatic heterocycles. The van der Waals surface area contributed by atoms with Crippen LogP contribution in [0.3, 0.4) is 0 Å². The standard InChI is InChI=1S/C20H26ClFN4OS.HI/c1-2-23-20(24-13-17(27)18-6-7-19(21)28-18)25-15-8-10-26(11-9-15)16-5-3-4-14(22)12-16;/h3-7,12,15,17,27H,2,8-11,13H2,1H3,(H2,23,24,25);1H. The first-order valence-electron chi connectivity index (χ1n) is 9.54. The monoisotopic (exact) mass is 552 g/mol. The highest BCUT2D eigenvalue weighted by Gasteiger charge is 2.20. The molecule has 0 saturated carbocycles. The molecule has 1 atom stereocenters. The van der Waals surface area contributed by atoms with Crippen LogP contribution in [0.15, 0.2) is 41.4 Å². The van der Waals surface area contributed by atoms with Crippen molar-refractivity contribution in [1.82, 2.24) is 10.6 Å². The molecule has 0 radical (unpaired) electrons. The summed E-state index contributed by atoms with van der Waals surface area (Å²) >= 11 is 7.30. The largest absolute Gasteiger partial charge is 0.386 e. The summed E-state index contributed by atoms with van der Waals surface area (Å²) in [4.78, 5) is 7.54. The van der Waals surface area contributed by atoms with Crippen LogP contribution in [0.4, 0.5) is 10.1 Å². The van der Waals surface area contributed by atoms with E-state index in [4.69, 9.17) is 11.6 Å². The van der Waals surface area contributed by atoms with Crippen LogP contribution in [-0.2, 0) is 0 Å². The highest BCUT2D eigenvalue weighted by molar-refractivity contribution is 14.0. The molecule has 3 N–H and O–H groups in total. The Morgan fingerprint density at radius 1 is 1.34 bits per heavy atom. The first-order chi connectivity index (χ1) is 13.5. The van der Waals surface area contributed by atoms with Gasteiger partial charge in [0.25, 0.3) is 0 Å². The van der Waals surface area contributed by atoms with Gasteiger partial charge in [-0.05, 0) is 50.1 Å². The van der Waals surface area contributed by atoms with Gasteiger partial charge in [-0.25, -0.2) is 4.39 Å². The summed E-state index contributed by atoms with van der Waals surface area (Å²) in [5, 5.41) is 17.0. The van der Waals surface area contributed by atoms with Gasteiger partial charge < -0.3 is 20.6 Å². The van der Waals surface area contributed by atoms with E-state index in [-0.39, 0.29) is 42.4 Å². The molecule has 29 heavy (non-hydrogen) atoms. The van der Waals surface area contributed by atoms with Gasteiger partial charge in [0.2, 0.25) is 0 Å². The Balaban J connectivity index is 0.00000300. The van der Waals surface area contributed by atoms with Gasteiger partial charge in [-0.1, -0.05) is 17.7 Å². The number of nitrogens with one attached hydrogen (secondary N) is 2. The van der Waals surface area contributed by atoms with Crippen molar-refractivity contribution in [2.24, 2.45) is 4.99 Å². The molecule has 1 saturated heterocycles. The van der Waals surface area contributed by atoms with Crippen LogP contribution in [0.25, 0.3) is 0 Å².